The minimum absolute atomic E-state index is 0.222. The third-order valence-electron chi connectivity index (χ3n) is 3.62. The van der Waals surface area contributed by atoms with E-state index in [1.807, 2.05) is 11.8 Å². The topological polar surface area (TPSA) is 28.2 Å². The predicted molar refractivity (Wildman–Crippen MR) is 72.8 cm³/mol. The van der Waals surface area contributed by atoms with Gasteiger partial charge in [-0.15, -0.1) is 0 Å². The number of halogens is 3. The van der Waals surface area contributed by atoms with Crippen molar-refractivity contribution < 1.29 is 13.2 Å². The van der Waals surface area contributed by atoms with Gasteiger partial charge in [0.1, 0.15) is 5.82 Å². The smallest absolute Gasteiger partial charge is 0.352 e. The van der Waals surface area contributed by atoms with E-state index >= 15 is 0 Å². The summed E-state index contributed by atoms with van der Waals surface area (Å²) in [5.41, 5.74) is -0.629. The molecule has 2 heterocycles. The van der Waals surface area contributed by atoms with E-state index in [1.54, 1.807) is 0 Å². The number of aromatic nitrogens is 1. The SMILES string of the molecule is CCNCC1CCCCN1c1cc(C(F)(F)F)ccn1. The van der Waals surface area contributed by atoms with Crippen molar-refractivity contribution in [3.63, 3.8) is 0 Å². The Labute approximate surface area is 117 Å². The van der Waals surface area contributed by atoms with E-state index in [1.165, 1.54) is 6.20 Å². The van der Waals surface area contributed by atoms with Crippen molar-refractivity contribution in [3.8, 4) is 0 Å². The van der Waals surface area contributed by atoms with Gasteiger partial charge >= 0.3 is 6.18 Å². The molecule has 0 amide bonds. The van der Waals surface area contributed by atoms with Gasteiger partial charge in [0.25, 0.3) is 0 Å². The molecule has 1 atom stereocenters. The lowest BCUT2D eigenvalue weighted by atomic mass is 10.0. The maximum atomic E-state index is 12.8. The summed E-state index contributed by atoms with van der Waals surface area (Å²) in [7, 11) is 0. The molecule has 1 aromatic heterocycles. The molecule has 112 valence electrons. The van der Waals surface area contributed by atoms with Crippen molar-refractivity contribution in [2.24, 2.45) is 0 Å². The molecule has 1 N–H and O–H groups in total. The Morgan fingerprint density at radius 1 is 1.40 bits per heavy atom. The van der Waals surface area contributed by atoms with E-state index < -0.39 is 11.7 Å². The van der Waals surface area contributed by atoms with Gasteiger partial charge in [0.15, 0.2) is 0 Å². The number of hydrogen-bond donors (Lipinski definition) is 1. The number of likely N-dealkylation sites (N-methyl/N-ethyl adjacent to an activating group) is 1. The molecule has 3 nitrogen and oxygen atoms in total. The lowest BCUT2D eigenvalue weighted by Gasteiger charge is -2.37. The van der Waals surface area contributed by atoms with Gasteiger partial charge in [0.05, 0.1) is 5.56 Å². The van der Waals surface area contributed by atoms with E-state index in [0.29, 0.717) is 5.82 Å². The number of alkyl halides is 3. The molecule has 0 radical (unpaired) electrons. The minimum Gasteiger partial charge on any atom is -0.352 e. The van der Waals surface area contributed by atoms with Crippen molar-refractivity contribution >= 4 is 5.82 Å². The fourth-order valence-electron chi connectivity index (χ4n) is 2.58. The van der Waals surface area contributed by atoms with Gasteiger partial charge in [-0.2, -0.15) is 13.2 Å². The maximum Gasteiger partial charge on any atom is 0.416 e. The van der Waals surface area contributed by atoms with Gasteiger partial charge in [-0.05, 0) is 37.9 Å². The molecule has 1 unspecified atom stereocenters. The number of nitrogens with zero attached hydrogens (tertiary/aromatic N) is 2. The van der Waals surface area contributed by atoms with E-state index in [-0.39, 0.29) is 6.04 Å². The first-order chi connectivity index (χ1) is 9.52. The molecular weight excluding hydrogens is 267 g/mol. The molecule has 1 aliphatic rings. The zero-order valence-electron chi connectivity index (χ0n) is 11.6. The molecule has 0 aromatic carbocycles. The summed E-state index contributed by atoms with van der Waals surface area (Å²) in [4.78, 5) is 6.13. The van der Waals surface area contributed by atoms with Crippen LogP contribution in [0.1, 0.15) is 31.7 Å². The van der Waals surface area contributed by atoms with E-state index in [0.717, 1.165) is 51.0 Å². The Hall–Kier alpha value is -1.30. The van der Waals surface area contributed by atoms with Crippen molar-refractivity contribution in [2.75, 3.05) is 24.5 Å². The Morgan fingerprint density at radius 3 is 2.90 bits per heavy atom. The Morgan fingerprint density at radius 2 is 2.20 bits per heavy atom. The van der Waals surface area contributed by atoms with Crippen LogP contribution in [0.3, 0.4) is 0 Å². The first-order valence-corrected chi connectivity index (χ1v) is 7.03. The molecule has 1 saturated heterocycles. The van der Waals surface area contributed by atoms with Crippen molar-refractivity contribution in [3.05, 3.63) is 23.9 Å². The zero-order chi connectivity index (χ0) is 14.6. The standard InChI is InChI=1S/C14H20F3N3/c1-2-18-10-12-5-3-4-8-20(12)13-9-11(6-7-19-13)14(15,16)17/h6-7,9,12,18H,2-5,8,10H2,1H3. The van der Waals surface area contributed by atoms with Crippen LogP contribution in [0.25, 0.3) is 0 Å². The zero-order valence-corrected chi connectivity index (χ0v) is 11.6. The summed E-state index contributed by atoms with van der Waals surface area (Å²) in [6, 6.07) is 2.40. The van der Waals surface area contributed by atoms with Crippen LogP contribution in [-0.2, 0) is 6.18 Å². The number of anilines is 1. The molecule has 1 aliphatic heterocycles. The van der Waals surface area contributed by atoms with Crippen LogP contribution in [0.5, 0.6) is 0 Å². The molecule has 1 fully saturated rings. The molecule has 2 rings (SSSR count). The second-order valence-electron chi connectivity index (χ2n) is 5.05. The highest BCUT2D eigenvalue weighted by Gasteiger charge is 2.32. The van der Waals surface area contributed by atoms with Gasteiger partial charge in [0, 0.05) is 25.3 Å². The summed E-state index contributed by atoms with van der Waals surface area (Å²) >= 11 is 0. The van der Waals surface area contributed by atoms with E-state index in [9.17, 15) is 13.2 Å². The van der Waals surface area contributed by atoms with Crippen LogP contribution in [0.15, 0.2) is 18.3 Å². The molecule has 1 aromatic rings. The molecule has 0 saturated carbocycles. The maximum absolute atomic E-state index is 12.8. The van der Waals surface area contributed by atoms with Gasteiger partial charge < -0.3 is 10.2 Å². The minimum atomic E-state index is -4.31. The number of rotatable bonds is 4. The normalized spacial score (nSPS) is 20.2. The average Bonchev–Trinajstić information content (AvgIpc) is 2.45. The number of hydrogen-bond acceptors (Lipinski definition) is 3. The fraction of sp³-hybridized carbons (Fsp3) is 0.643. The summed E-state index contributed by atoms with van der Waals surface area (Å²) in [6.45, 7) is 4.44. The number of pyridine rings is 1. The third kappa shape index (κ3) is 3.62. The van der Waals surface area contributed by atoms with Crippen LogP contribution >= 0.6 is 0 Å². The Bertz CT molecular complexity index is 434. The van der Waals surface area contributed by atoms with Crippen LogP contribution in [-0.4, -0.2) is 30.7 Å². The molecule has 0 bridgehead atoms. The second kappa shape index (κ2) is 6.43. The number of nitrogens with one attached hydrogen (secondary N) is 1. The van der Waals surface area contributed by atoms with E-state index in [4.69, 9.17) is 0 Å². The van der Waals surface area contributed by atoms with Crippen LogP contribution in [0.4, 0.5) is 19.0 Å². The van der Waals surface area contributed by atoms with Gasteiger partial charge in [-0.25, -0.2) is 4.98 Å². The first-order valence-electron chi connectivity index (χ1n) is 7.03. The predicted octanol–water partition coefficient (Wildman–Crippen LogP) is 3.07. The van der Waals surface area contributed by atoms with Crippen molar-refractivity contribution in [1.82, 2.24) is 10.3 Å². The average molecular weight is 287 g/mol. The highest BCUT2D eigenvalue weighted by atomic mass is 19.4. The van der Waals surface area contributed by atoms with Crippen LogP contribution < -0.4 is 10.2 Å². The molecule has 0 aliphatic carbocycles. The lowest BCUT2D eigenvalue weighted by Crippen LogP contribution is -2.46. The highest BCUT2D eigenvalue weighted by Crippen LogP contribution is 2.32. The monoisotopic (exact) mass is 287 g/mol. The molecular formula is C14H20F3N3. The summed E-state index contributed by atoms with van der Waals surface area (Å²) in [5, 5.41) is 3.27. The Kier molecular flexibility index (Phi) is 4.86. The Balaban J connectivity index is 2.19. The molecule has 0 spiro atoms. The van der Waals surface area contributed by atoms with Gasteiger partial charge in [-0.1, -0.05) is 6.92 Å². The van der Waals surface area contributed by atoms with Crippen molar-refractivity contribution in [1.29, 1.82) is 0 Å². The molecule has 20 heavy (non-hydrogen) atoms. The number of piperidine rings is 1. The lowest BCUT2D eigenvalue weighted by molar-refractivity contribution is -0.137. The summed E-state index contributed by atoms with van der Waals surface area (Å²) < 4.78 is 38.3. The quantitative estimate of drug-likeness (QED) is 0.922. The summed E-state index contributed by atoms with van der Waals surface area (Å²) in [5.74, 6) is 0.433. The van der Waals surface area contributed by atoms with Crippen LogP contribution in [0.2, 0.25) is 0 Å². The van der Waals surface area contributed by atoms with E-state index in [2.05, 4.69) is 10.3 Å². The van der Waals surface area contributed by atoms with Gasteiger partial charge in [-0.3, -0.25) is 0 Å². The van der Waals surface area contributed by atoms with Crippen molar-refractivity contribution in [2.45, 2.75) is 38.4 Å². The molecule has 6 heteroatoms. The fourth-order valence-corrected chi connectivity index (χ4v) is 2.58. The largest absolute Gasteiger partial charge is 0.416 e. The highest BCUT2D eigenvalue weighted by molar-refractivity contribution is 5.43. The summed E-state index contributed by atoms with van der Waals surface area (Å²) in [6.07, 6.45) is 0.0404. The van der Waals surface area contributed by atoms with Gasteiger partial charge in [0.2, 0.25) is 0 Å². The second-order valence-corrected chi connectivity index (χ2v) is 5.05. The first kappa shape index (κ1) is 15.1. The van der Waals surface area contributed by atoms with Crippen LogP contribution in [0, 0.1) is 0 Å². The third-order valence-corrected chi connectivity index (χ3v) is 3.62.